The molecule has 1 amide bonds. The fraction of sp³-hybridized carbons (Fsp3) is 0.111. The first kappa shape index (κ1) is 15.3. The van der Waals surface area contributed by atoms with Gasteiger partial charge in [0.05, 0.1) is 12.1 Å². The van der Waals surface area contributed by atoms with Crippen LogP contribution in [0.5, 0.6) is 0 Å². The van der Waals surface area contributed by atoms with Crippen molar-refractivity contribution in [3.8, 4) is 0 Å². The van der Waals surface area contributed by atoms with Crippen LogP contribution >= 0.6 is 11.6 Å². The third-order valence-electron chi connectivity index (χ3n) is 3.52. The van der Waals surface area contributed by atoms with Crippen LogP contribution < -0.4 is 10.6 Å². The zero-order valence-electron chi connectivity index (χ0n) is 12.6. The van der Waals surface area contributed by atoms with Gasteiger partial charge in [0.25, 0.3) is 0 Å². The second-order valence-corrected chi connectivity index (χ2v) is 5.68. The van der Waals surface area contributed by atoms with Gasteiger partial charge in [-0.3, -0.25) is 9.78 Å². The summed E-state index contributed by atoms with van der Waals surface area (Å²) in [6.07, 6.45) is 1.81. The summed E-state index contributed by atoms with van der Waals surface area (Å²) in [6, 6.07) is 14.9. The molecule has 0 spiro atoms. The van der Waals surface area contributed by atoms with Crippen LogP contribution in [-0.4, -0.2) is 17.4 Å². The number of hydrogen-bond donors (Lipinski definition) is 2. The number of benzene rings is 2. The van der Waals surface area contributed by atoms with Gasteiger partial charge in [-0.15, -0.1) is 0 Å². The van der Waals surface area contributed by atoms with Gasteiger partial charge in [0.1, 0.15) is 0 Å². The van der Waals surface area contributed by atoms with Crippen LogP contribution in [0.4, 0.5) is 11.4 Å². The average molecular weight is 326 g/mol. The van der Waals surface area contributed by atoms with Gasteiger partial charge in [0.2, 0.25) is 5.91 Å². The summed E-state index contributed by atoms with van der Waals surface area (Å²) in [6.45, 7) is 2.15. The number of pyridine rings is 1. The van der Waals surface area contributed by atoms with Crippen molar-refractivity contribution < 1.29 is 4.79 Å². The standard InChI is InChI=1S/C18H16ClN3O/c1-12-10-20-16-5-3-2-4-15(16)18(12)21-11-17(23)22-14-8-6-13(19)7-9-14/h2-10H,11H2,1H3,(H,20,21)(H,22,23). The minimum absolute atomic E-state index is 0.118. The SMILES string of the molecule is Cc1cnc2ccccc2c1NCC(=O)Nc1ccc(Cl)cc1. The number of hydrogen-bond acceptors (Lipinski definition) is 3. The lowest BCUT2D eigenvalue weighted by Gasteiger charge is -2.12. The smallest absolute Gasteiger partial charge is 0.243 e. The molecule has 2 N–H and O–H groups in total. The minimum atomic E-state index is -0.118. The molecule has 1 aromatic heterocycles. The van der Waals surface area contributed by atoms with Crippen LogP contribution in [0.2, 0.25) is 5.02 Å². The highest BCUT2D eigenvalue weighted by Gasteiger charge is 2.08. The molecule has 0 saturated carbocycles. The Kier molecular flexibility index (Phi) is 4.44. The molecular weight excluding hydrogens is 310 g/mol. The fourth-order valence-electron chi connectivity index (χ4n) is 2.38. The first-order valence-corrected chi connectivity index (χ1v) is 7.65. The number of fused-ring (bicyclic) bond motifs is 1. The number of nitrogens with zero attached hydrogens (tertiary/aromatic N) is 1. The van der Waals surface area contributed by atoms with E-state index in [9.17, 15) is 4.79 Å². The van der Waals surface area contributed by atoms with Crippen molar-refractivity contribution in [1.82, 2.24) is 4.98 Å². The number of halogens is 1. The number of carbonyl (C=O) groups excluding carboxylic acids is 1. The number of amides is 1. The Hall–Kier alpha value is -2.59. The summed E-state index contributed by atoms with van der Waals surface area (Å²) in [7, 11) is 0. The number of carbonyl (C=O) groups is 1. The lowest BCUT2D eigenvalue weighted by atomic mass is 10.1. The maximum absolute atomic E-state index is 12.1. The number of rotatable bonds is 4. The number of aromatic nitrogens is 1. The first-order valence-electron chi connectivity index (χ1n) is 7.27. The number of para-hydroxylation sites is 1. The maximum Gasteiger partial charge on any atom is 0.243 e. The molecule has 3 rings (SSSR count). The van der Waals surface area contributed by atoms with E-state index in [1.54, 1.807) is 24.3 Å². The molecule has 0 atom stereocenters. The minimum Gasteiger partial charge on any atom is -0.375 e. The molecule has 4 nitrogen and oxygen atoms in total. The summed E-state index contributed by atoms with van der Waals surface area (Å²) in [5.41, 5.74) is 3.56. The number of aryl methyl sites for hydroxylation is 1. The van der Waals surface area contributed by atoms with E-state index in [0.29, 0.717) is 5.02 Å². The maximum atomic E-state index is 12.1. The van der Waals surface area contributed by atoms with Gasteiger partial charge in [0.15, 0.2) is 0 Å². The Morgan fingerprint density at radius 2 is 1.87 bits per heavy atom. The Bertz CT molecular complexity index is 847. The molecule has 3 aromatic rings. The van der Waals surface area contributed by atoms with Crippen LogP contribution in [0, 0.1) is 6.92 Å². The monoisotopic (exact) mass is 325 g/mol. The highest BCUT2D eigenvalue weighted by atomic mass is 35.5. The molecule has 0 aliphatic rings. The van der Waals surface area contributed by atoms with E-state index in [-0.39, 0.29) is 12.5 Å². The molecule has 0 aliphatic carbocycles. The normalized spacial score (nSPS) is 10.5. The largest absolute Gasteiger partial charge is 0.375 e. The second kappa shape index (κ2) is 6.67. The van der Waals surface area contributed by atoms with Gasteiger partial charge >= 0.3 is 0 Å². The molecule has 0 fully saturated rings. The molecule has 0 bridgehead atoms. The van der Waals surface area contributed by atoms with Crippen LogP contribution in [0.15, 0.2) is 54.7 Å². The molecule has 5 heteroatoms. The summed E-state index contributed by atoms with van der Waals surface area (Å²) in [5, 5.41) is 7.69. The first-order chi connectivity index (χ1) is 11.1. The molecule has 0 radical (unpaired) electrons. The Morgan fingerprint density at radius 3 is 2.65 bits per heavy atom. The van der Waals surface area contributed by atoms with Gasteiger partial charge in [-0.1, -0.05) is 29.8 Å². The summed E-state index contributed by atoms with van der Waals surface area (Å²) in [4.78, 5) is 16.5. The zero-order valence-corrected chi connectivity index (χ0v) is 13.4. The van der Waals surface area contributed by atoms with Gasteiger partial charge in [-0.25, -0.2) is 0 Å². The zero-order chi connectivity index (χ0) is 16.2. The Labute approximate surface area is 139 Å². The number of anilines is 2. The topological polar surface area (TPSA) is 54.0 Å². The second-order valence-electron chi connectivity index (χ2n) is 5.24. The van der Waals surface area contributed by atoms with E-state index in [2.05, 4.69) is 15.6 Å². The van der Waals surface area contributed by atoms with E-state index in [4.69, 9.17) is 11.6 Å². The predicted octanol–water partition coefficient (Wildman–Crippen LogP) is 4.25. The molecule has 1 heterocycles. The summed E-state index contributed by atoms with van der Waals surface area (Å²) in [5.74, 6) is -0.118. The van der Waals surface area contributed by atoms with E-state index >= 15 is 0 Å². The van der Waals surface area contributed by atoms with Crippen molar-refractivity contribution in [2.75, 3.05) is 17.2 Å². The van der Waals surface area contributed by atoms with Crippen molar-refractivity contribution >= 4 is 39.8 Å². The van der Waals surface area contributed by atoms with E-state index < -0.39 is 0 Å². The van der Waals surface area contributed by atoms with Crippen LogP contribution in [0.25, 0.3) is 10.9 Å². The van der Waals surface area contributed by atoms with Crippen LogP contribution in [0.3, 0.4) is 0 Å². The molecule has 0 saturated heterocycles. The van der Waals surface area contributed by atoms with E-state index in [1.165, 1.54) is 0 Å². The third-order valence-corrected chi connectivity index (χ3v) is 3.77. The fourth-order valence-corrected chi connectivity index (χ4v) is 2.51. The van der Waals surface area contributed by atoms with Crippen molar-refractivity contribution in [3.05, 3.63) is 65.3 Å². The molecule has 0 unspecified atom stereocenters. The highest BCUT2D eigenvalue weighted by Crippen LogP contribution is 2.24. The molecule has 23 heavy (non-hydrogen) atoms. The lowest BCUT2D eigenvalue weighted by Crippen LogP contribution is -2.22. The quantitative estimate of drug-likeness (QED) is 0.754. The highest BCUT2D eigenvalue weighted by molar-refractivity contribution is 6.30. The molecule has 2 aromatic carbocycles. The van der Waals surface area contributed by atoms with Crippen molar-refractivity contribution in [2.24, 2.45) is 0 Å². The number of nitrogens with one attached hydrogen (secondary N) is 2. The lowest BCUT2D eigenvalue weighted by molar-refractivity contribution is -0.114. The van der Waals surface area contributed by atoms with E-state index in [1.807, 2.05) is 37.4 Å². The van der Waals surface area contributed by atoms with Crippen molar-refractivity contribution in [2.45, 2.75) is 6.92 Å². The van der Waals surface area contributed by atoms with E-state index in [0.717, 1.165) is 27.8 Å². The summed E-state index contributed by atoms with van der Waals surface area (Å²) < 4.78 is 0. The van der Waals surface area contributed by atoms with Crippen molar-refractivity contribution in [3.63, 3.8) is 0 Å². The summed E-state index contributed by atoms with van der Waals surface area (Å²) >= 11 is 5.83. The van der Waals surface area contributed by atoms with Gasteiger partial charge in [-0.05, 0) is 42.8 Å². The third kappa shape index (κ3) is 3.60. The Balaban J connectivity index is 1.72. The van der Waals surface area contributed by atoms with Gasteiger partial charge in [0, 0.05) is 28.0 Å². The Morgan fingerprint density at radius 1 is 1.13 bits per heavy atom. The van der Waals surface area contributed by atoms with Crippen LogP contribution in [0.1, 0.15) is 5.56 Å². The predicted molar refractivity (Wildman–Crippen MR) is 95.1 cm³/mol. The average Bonchev–Trinajstić information content (AvgIpc) is 2.56. The van der Waals surface area contributed by atoms with Gasteiger partial charge in [-0.2, -0.15) is 0 Å². The van der Waals surface area contributed by atoms with Crippen molar-refractivity contribution in [1.29, 1.82) is 0 Å². The molecule has 116 valence electrons. The molecular formula is C18H16ClN3O. The van der Waals surface area contributed by atoms with Gasteiger partial charge < -0.3 is 10.6 Å². The molecule has 0 aliphatic heterocycles. The van der Waals surface area contributed by atoms with Crippen LogP contribution in [-0.2, 0) is 4.79 Å².